The van der Waals surface area contributed by atoms with Gasteiger partial charge in [-0.05, 0) is 61.2 Å². The summed E-state index contributed by atoms with van der Waals surface area (Å²) in [6.45, 7) is 2.99. The van der Waals surface area contributed by atoms with Crippen molar-refractivity contribution in [2.45, 2.75) is 25.3 Å². The molecule has 142 valence electrons. The van der Waals surface area contributed by atoms with Crippen molar-refractivity contribution in [3.8, 4) is 0 Å². The van der Waals surface area contributed by atoms with Gasteiger partial charge in [-0.3, -0.25) is 0 Å². The molecule has 2 heterocycles. The van der Waals surface area contributed by atoms with Crippen LogP contribution in [0.4, 0.5) is 0 Å². The van der Waals surface area contributed by atoms with Crippen molar-refractivity contribution in [3.05, 3.63) is 71.4 Å². The van der Waals surface area contributed by atoms with Gasteiger partial charge in [-0.1, -0.05) is 30.3 Å². The molecule has 1 aromatic heterocycles. The van der Waals surface area contributed by atoms with E-state index in [1.54, 1.807) is 0 Å². The van der Waals surface area contributed by atoms with Gasteiger partial charge in [0.05, 0.1) is 12.7 Å². The molecule has 4 nitrogen and oxygen atoms in total. The quantitative estimate of drug-likeness (QED) is 0.679. The minimum atomic E-state index is -0.295. The number of carbonyl (C=O) groups is 1. The lowest BCUT2D eigenvalue weighted by Gasteiger charge is -2.22. The zero-order valence-corrected chi connectivity index (χ0v) is 16.3. The van der Waals surface area contributed by atoms with E-state index in [9.17, 15) is 4.79 Å². The number of para-hydroxylation sites is 1. The summed E-state index contributed by atoms with van der Waals surface area (Å²) in [5.74, 6) is 0.334. The summed E-state index contributed by atoms with van der Waals surface area (Å²) in [4.78, 5) is 11.6. The number of fused-ring (bicyclic) bond motifs is 1. The first-order chi connectivity index (χ1) is 12.8. The van der Waals surface area contributed by atoms with Crippen LogP contribution in [0, 0.1) is 0 Å². The normalized spacial score (nSPS) is 14.7. The van der Waals surface area contributed by atoms with Crippen molar-refractivity contribution >= 4 is 29.3 Å². The highest BCUT2D eigenvalue weighted by Crippen LogP contribution is 2.33. The van der Waals surface area contributed by atoms with Gasteiger partial charge in [0, 0.05) is 23.6 Å². The maximum absolute atomic E-state index is 11.6. The third-order valence-corrected chi connectivity index (χ3v) is 5.33. The topological polar surface area (TPSA) is 43.3 Å². The van der Waals surface area contributed by atoms with Crippen LogP contribution >= 0.6 is 12.4 Å². The Hall–Kier alpha value is -2.30. The SMILES string of the molecule is COC(=O)c1ccc(Cn2cc(C3CCNCC3)c3ccccc32)cc1.Cl. The lowest BCUT2D eigenvalue weighted by Crippen LogP contribution is -2.26. The van der Waals surface area contributed by atoms with E-state index in [0.29, 0.717) is 11.5 Å². The van der Waals surface area contributed by atoms with Crippen LogP contribution in [-0.2, 0) is 11.3 Å². The number of carbonyl (C=O) groups excluding carboxylic acids is 1. The molecular weight excluding hydrogens is 360 g/mol. The van der Waals surface area contributed by atoms with Crippen LogP contribution in [0.5, 0.6) is 0 Å². The van der Waals surface area contributed by atoms with Gasteiger partial charge >= 0.3 is 5.97 Å². The molecule has 5 heteroatoms. The second-order valence-electron chi connectivity index (χ2n) is 6.94. The minimum Gasteiger partial charge on any atom is -0.465 e. The van der Waals surface area contributed by atoms with Crippen LogP contribution in [0.15, 0.2) is 54.7 Å². The highest BCUT2D eigenvalue weighted by Gasteiger charge is 2.20. The van der Waals surface area contributed by atoms with E-state index in [1.165, 1.54) is 42.0 Å². The van der Waals surface area contributed by atoms with E-state index in [2.05, 4.69) is 40.3 Å². The van der Waals surface area contributed by atoms with Crippen LogP contribution in [0.1, 0.15) is 40.2 Å². The third-order valence-electron chi connectivity index (χ3n) is 5.33. The van der Waals surface area contributed by atoms with Crippen LogP contribution in [0.3, 0.4) is 0 Å². The fourth-order valence-corrected chi connectivity index (χ4v) is 3.93. The van der Waals surface area contributed by atoms with Gasteiger partial charge in [-0.15, -0.1) is 12.4 Å². The fourth-order valence-electron chi connectivity index (χ4n) is 3.93. The van der Waals surface area contributed by atoms with E-state index in [0.717, 1.165) is 19.6 Å². The average molecular weight is 385 g/mol. The van der Waals surface area contributed by atoms with Gasteiger partial charge in [0.25, 0.3) is 0 Å². The number of hydrogen-bond acceptors (Lipinski definition) is 3. The number of halogens is 1. The molecule has 0 spiro atoms. The number of nitrogens with zero attached hydrogens (tertiary/aromatic N) is 1. The Morgan fingerprint density at radius 3 is 2.52 bits per heavy atom. The molecule has 0 saturated carbocycles. The lowest BCUT2D eigenvalue weighted by atomic mass is 9.90. The van der Waals surface area contributed by atoms with Crippen LogP contribution < -0.4 is 5.32 Å². The van der Waals surface area contributed by atoms with Gasteiger partial charge in [0.2, 0.25) is 0 Å². The Labute approximate surface area is 165 Å². The summed E-state index contributed by atoms with van der Waals surface area (Å²) in [5, 5.41) is 4.82. The molecule has 1 aliphatic rings. The number of methoxy groups -OCH3 is 1. The fraction of sp³-hybridized carbons (Fsp3) is 0.318. The average Bonchev–Trinajstić information content (AvgIpc) is 3.07. The number of aromatic nitrogens is 1. The first-order valence-corrected chi connectivity index (χ1v) is 9.22. The van der Waals surface area contributed by atoms with Crippen molar-refractivity contribution < 1.29 is 9.53 Å². The highest BCUT2D eigenvalue weighted by atomic mass is 35.5. The molecule has 4 rings (SSSR count). The molecule has 0 radical (unpaired) electrons. The summed E-state index contributed by atoms with van der Waals surface area (Å²) in [6, 6.07) is 16.3. The number of ether oxygens (including phenoxy) is 1. The summed E-state index contributed by atoms with van der Waals surface area (Å²) in [5.41, 5.74) is 4.51. The smallest absolute Gasteiger partial charge is 0.337 e. The van der Waals surface area contributed by atoms with Crippen molar-refractivity contribution in [1.82, 2.24) is 9.88 Å². The zero-order valence-electron chi connectivity index (χ0n) is 15.5. The van der Waals surface area contributed by atoms with Gasteiger partial charge in [-0.25, -0.2) is 4.79 Å². The second-order valence-corrected chi connectivity index (χ2v) is 6.94. The van der Waals surface area contributed by atoms with Crippen LogP contribution in [0.2, 0.25) is 0 Å². The van der Waals surface area contributed by atoms with Crippen molar-refractivity contribution in [3.63, 3.8) is 0 Å². The van der Waals surface area contributed by atoms with E-state index < -0.39 is 0 Å². The highest BCUT2D eigenvalue weighted by molar-refractivity contribution is 5.89. The number of rotatable bonds is 4. The molecule has 0 unspecified atom stereocenters. The largest absolute Gasteiger partial charge is 0.465 e. The van der Waals surface area contributed by atoms with E-state index in [4.69, 9.17) is 4.74 Å². The van der Waals surface area contributed by atoms with Crippen molar-refractivity contribution in [2.24, 2.45) is 0 Å². The Morgan fingerprint density at radius 1 is 1.11 bits per heavy atom. The lowest BCUT2D eigenvalue weighted by molar-refractivity contribution is 0.0600. The van der Waals surface area contributed by atoms with Crippen LogP contribution in [0.25, 0.3) is 10.9 Å². The van der Waals surface area contributed by atoms with Gasteiger partial charge < -0.3 is 14.6 Å². The second kappa shape index (κ2) is 8.59. The number of piperidine rings is 1. The monoisotopic (exact) mass is 384 g/mol. The molecule has 0 amide bonds. The third kappa shape index (κ3) is 4.02. The summed E-state index contributed by atoms with van der Waals surface area (Å²) in [7, 11) is 1.41. The van der Waals surface area contributed by atoms with E-state index >= 15 is 0 Å². The number of esters is 1. The molecule has 1 N–H and O–H groups in total. The van der Waals surface area contributed by atoms with Crippen molar-refractivity contribution in [1.29, 1.82) is 0 Å². The molecule has 2 aromatic carbocycles. The summed E-state index contributed by atoms with van der Waals surface area (Å²) >= 11 is 0. The van der Waals surface area contributed by atoms with Crippen molar-refractivity contribution in [2.75, 3.05) is 20.2 Å². The maximum atomic E-state index is 11.6. The predicted octanol–water partition coefficient (Wildman–Crippen LogP) is 4.37. The molecule has 1 saturated heterocycles. The molecule has 0 bridgehead atoms. The Morgan fingerprint density at radius 2 is 1.81 bits per heavy atom. The molecular formula is C22H25ClN2O2. The minimum absolute atomic E-state index is 0. The Bertz CT molecular complexity index is 912. The molecule has 27 heavy (non-hydrogen) atoms. The first-order valence-electron chi connectivity index (χ1n) is 9.22. The standard InChI is InChI=1S/C22H24N2O2.ClH/c1-26-22(25)18-8-6-16(7-9-18)14-24-15-20(17-10-12-23-13-11-17)19-4-2-3-5-21(19)24;/h2-9,15,17,23H,10-14H2,1H3;1H. The number of hydrogen-bond donors (Lipinski definition) is 1. The molecule has 1 fully saturated rings. The molecule has 1 aliphatic heterocycles. The van der Waals surface area contributed by atoms with Gasteiger partial charge in [0.15, 0.2) is 0 Å². The number of benzene rings is 2. The predicted molar refractivity (Wildman–Crippen MR) is 111 cm³/mol. The maximum Gasteiger partial charge on any atom is 0.337 e. The molecule has 3 aromatic rings. The molecule has 0 atom stereocenters. The van der Waals surface area contributed by atoms with E-state index in [1.807, 2.05) is 24.3 Å². The van der Waals surface area contributed by atoms with E-state index in [-0.39, 0.29) is 18.4 Å². The Balaban J connectivity index is 0.00000210. The summed E-state index contributed by atoms with van der Waals surface area (Å²) in [6.07, 6.45) is 4.72. The zero-order chi connectivity index (χ0) is 17.9. The number of nitrogens with one attached hydrogen (secondary N) is 1. The van der Waals surface area contributed by atoms with Gasteiger partial charge in [-0.2, -0.15) is 0 Å². The molecule has 0 aliphatic carbocycles. The summed E-state index contributed by atoms with van der Waals surface area (Å²) < 4.78 is 7.11. The van der Waals surface area contributed by atoms with Gasteiger partial charge in [0.1, 0.15) is 0 Å². The Kier molecular flexibility index (Phi) is 6.19. The first kappa shape index (κ1) is 19.5. The van der Waals surface area contributed by atoms with Crippen LogP contribution in [-0.4, -0.2) is 30.7 Å².